The number of aryl methyl sites for hydroxylation is 1. The summed E-state index contributed by atoms with van der Waals surface area (Å²) in [5.74, 6) is -0.802. The van der Waals surface area contributed by atoms with Crippen LogP contribution in [0.4, 0.5) is 0 Å². The van der Waals surface area contributed by atoms with Crippen molar-refractivity contribution in [3.8, 4) is 0 Å². The third-order valence-corrected chi connectivity index (χ3v) is 3.91. The zero-order chi connectivity index (χ0) is 14.5. The fourth-order valence-corrected chi connectivity index (χ4v) is 2.81. The molecule has 0 spiro atoms. The lowest BCUT2D eigenvalue weighted by Crippen LogP contribution is -2.35. The van der Waals surface area contributed by atoms with Crippen LogP contribution in [0.2, 0.25) is 0 Å². The highest BCUT2D eigenvalue weighted by atomic mass is 32.1. The van der Waals surface area contributed by atoms with Crippen molar-refractivity contribution in [2.45, 2.75) is 19.4 Å². The lowest BCUT2D eigenvalue weighted by atomic mass is 9.98. The monoisotopic (exact) mass is 305 g/mol. The number of thiocarbonyl (C=S) groups is 1. The molecule has 1 atom stereocenters. The van der Waals surface area contributed by atoms with Crippen LogP contribution in [0.1, 0.15) is 21.4 Å². The van der Waals surface area contributed by atoms with E-state index in [1.807, 2.05) is 37.3 Å². The molecule has 0 aliphatic heterocycles. The highest BCUT2D eigenvalue weighted by Crippen LogP contribution is 2.17. The van der Waals surface area contributed by atoms with E-state index in [0.717, 1.165) is 15.4 Å². The summed E-state index contributed by atoms with van der Waals surface area (Å²) >= 11 is 6.57. The van der Waals surface area contributed by atoms with Gasteiger partial charge in [-0.15, -0.1) is 11.3 Å². The SMILES string of the molecule is Cc1cnc(CNC(=O)C(C(N)=S)c2ccccc2)s1. The summed E-state index contributed by atoms with van der Waals surface area (Å²) in [7, 11) is 0. The van der Waals surface area contributed by atoms with E-state index in [9.17, 15) is 4.79 Å². The molecular formula is C14H15N3OS2. The maximum absolute atomic E-state index is 12.3. The van der Waals surface area contributed by atoms with Gasteiger partial charge in [0.05, 0.1) is 11.5 Å². The van der Waals surface area contributed by atoms with Crippen molar-refractivity contribution in [3.63, 3.8) is 0 Å². The van der Waals surface area contributed by atoms with Gasteiger partial charge in [0, 0.05) is 11.1 Å². The molecule has 1 aromatic carbocycles. The molecule has 2 rings (SSSR count). The Hall–Kier alpha value is -1.79. The van der Waals surface area contributed by atoms with Crippen molar-refractivity contribution in [1.82, 2.24) is 10.3 Å². The first kappa shape index (κ1) is 14.6. The van der Waals surface area contributed by atoms with Gasteiger partial charge in [0.1, 0.15) is 10.9 Å². The number of nitrogens with two attached hydrogens (primary N) is 1. The van der Waals surface area contributed by atoms with Crippen LogP contribution in [0, 0.1) is 6.92 Å². The van der Waals surface area contributed by atoms with Crippen LogP contribution < -0.4 is 11.1 Å². The van der Waals surface area contributed by atoms with Crippen molar-refractivity contribution in [1.29, 1.82) is 0 Å². The van der Waals surface area contributed by atoms with Gasteiger partial charge in [0.15, 0.2) is 0 Å². The Kier molecular flexibility index (Phi) is 4.81. The first-order valence-corrected chi connectivity index (χ1v) is 7.33. The average molecular weight is 305 g/mol. The summed E-state index contributed by atoms with van der Waals surface area (Å²) in [4.78, 5) is 17.8. The standard InChI is InChI=1S/C14H15N3OS2/c1-9-7-16-11(20-9)8-17-14(18)12(13(15)19)10-5-3-2-4-6-10/h2-7,12H,8H2,1H3,(H2,15,19)(H,17,18). The number of amides is 1. The van der Waals surface area contributed by atoms with Crippen molar-refractivity contribution in [3.05, 3.63) is 52.0 Å². The number of thiazole rings is 1. The summed E-state index contributed by atoms with van der Waals surface area (Å²) in [5.41, 5.74) is 6.50. The Bertz CT molecular complexity index is 610. The van der Waals surface area contributed by atoms with Crippen molar-refractivity contribution in [2.75, 3.05) is 0 Å². The second-order valence-electron chi connectivity index (χ2n) is 4.33. The smallest absolute Gasteiger partial charge is 0.234 e. The second-order valence-corrected chi connectivity index (χ2v) is 6.12. The number of rotatable bonds is 5. The minimum atomic E-state index is -0.604. The topological polar surface area (TPSA) is 68.0 Å². The maximum Gasteiger partial charge on any atom is 0.234 e. The highest BCUT2D eigenvalue weighted by Gasteiger charge is 2.23. The predicted molar refractivity (Wildman–Crippen MR) is 84.7 cm³/mol. The molecule has 0 saturated heterocycles. The molecule has 0 saturated carbocycles. The normalized spacial score (nSPS) is 11.8. The Morgan fingerprint density at radius 1 is 1.45 bits per heavy atom. The van der Waals surface area contributed by atoms with Crippen molar-refractivity contribution >= 4 is 34.5 Å². The minimum Gasteiger partial charge on any atom is -0.392 e. The average Bonchev–Trinajstić information content (AvgIpc) is 2.83. The predicted octanol–water partition coefficient (Wildman–Crippen LogP) is 2.14. The van der Waals surface area contributed by atoms with Crippen LogP contribution in [-0.4, -0.2) is 15.9 Å². The lowest BCUT2D eigenvalue weighted by Gasteiger charge is -2.15. The van der Waals surface area contributed by atoms with E-state index < -0.39 is 5.92 Å². The molecule has 104 valence electrons. The summed E-state index contributed by atoms with van der Waals surface area (Å²) in [6, 6.07) is 9.29. The van der Waals surface area contributed by atoms with Gasteiger partial charge >= 0.3 is 0 Å². The Morgan fingerprint density at radius 2 is 2.15 bits per heavy atom. The molecule has 6 heteroatoms. The number of carbonyl (C=O) groups excluding carboxylic acids is 1. The fourth-order valence-electron chi connectivity index (χ4n) is 1.84. The molecule has 2 aromatic rings. The minimum absolute atomic E-state index is 0.170. The van der Waals surface area contributed by atoms with Crippen molar-refractivity contribution in [2.24, 2.45) is 5.73 Å². The van der Waals surface area contributed by atoms with Crippen molar-refractivity contribution < 1.29 is 4.79 Å². The molecule has 1 amide bonds. The van der Waals surface area contributed by atoms with E-state index >= 15 is 0 Å². The van der Waals surface area contributed by atoms with E-state index in [1.165, 1.54) is 0 Å². The Balaban J connectivity index is 2.06. The molecule has 1 heterocycles. The summed E-state index contributed by atoms with van der Waals surface area (Å²) in [5, 5.41) is 3.70. The van der Waals surface area contributed by atoms with Crippen LogP contribution in [0.3, 0.4) is 0 Å². The molecule has 0 aliphatic rings. The van der Waals surface area contributed by atoms with Gasteiger partial charge < -0.3 is 11.1 Å². The van der Waals surface area contributed by atoms with Gasteiger partial charge in [-0.1, -0.05) is 42.5 Å². The molecule has 1 unspecified atom stereocenters. The van der Waals surface area contributed by atoms with Gasteiger partial charge in [-0.3, -0.25) is 4.79 Å². The van der Waals surface area contributed by atoms with Crippen LogP contribution in [0.5, 0.6) is 0 Å². The van der Waals surface area contributed by atoms with E-state index in [4.69, 9.17) is 18.0 Å². The van der Waals surface area contributed by atoms with E-state index in [-0.39, 0.29) is 10.9 Å². The number of carbonyl (C=O) groups is 1. The Morgan fingerprint density at radius 3 is 2.70 bits per heavy atom. The van der Waals surface area contributed by atoms with E-state index in [2.05, 4.69) is 10.3 Å². The molecule has 3 N–H and O–H groups in total. The summed E-state index contributed by atoms with van der Waals surface area (Å²) < 4.78 is 0. The molecular weight excluding hydrogens is 290 g/mol. The zero-order valence-corrected chi connectivity index (χ0v) is 12.6. The fraction of sp³-hybridized carbons (Fsp3) is 0.214. The molecule has 0 aliphatic carbocycles. The quantitative estimate of drug-likeness (QED) is 0.831. The number of benzene rings is 1. The molecule has 0 fully saturated rings. The number of nitrogens with zero attached hydrogens (tertiary/aromatic N) is 1. The van der Waals surface area contributed by atoms with Gasteiger partial charge in [-0.05, 0) is 12.5 Å². The number of aromatic nitrogens is 1. The molecule has 0 bridgehead atoms. The van der Waals surface area contributed by atoms with Crippen LogP contribution >= 0.6 is 23.6 Å². The summed E-state index contributed by atoms with van der Waals surface area (Å²) in [6.45, 7) is 2.37. The maximum atomic E-state index is 12.3. The number of nitrogens with one attached hydrogen (secondary N) is 1. The molecule has 1 aromatic heterocycles. The number of hydrogen-bond acceptors (Lipinski definition) is 4. The van der Waals surface area contributed by atoms with Gasteiger partial charge in [-0.25, -0.2) is 4.98 Å². The first-order valence-electron chi connectivity index (χ1n) is 6.11. The van der Waals surface area contributed by atoms with E-state index in [1.54, 1.807) is 17.5 Å². The number of hydrogen-bond donors (Lipinski definition) is 2. The molecule has 20 heavy (non-hydrogen) atoms. The van der Waals surface area contributed by atoms with Gasteiger partial charge in [0.25, 0.3) is 0 Å². The molecule has 4 nitrogen and oxygen atoms in total. The largest absolute Gasteiger partial charge is 0.392 e. The zero-order valence-electron chi connectivity index (χ0n) is 11.0. The first-order chi connectivity index (χ1) is 9.58. The van der Waals surface area contributed by atoms with Crippen LogP contribution in [-0.2, 0) is 11.3 Å². The Labute approximate surface area is 127 Å². The summed E-state index contributed by atoms with van der Waals surface area (Å²) in [6.07, 6.45) is 1.79. The van der Waals surface area contributed by atoms with E-state index in [0.29, 0.717) is 6.54 Å². The highest BCUT2D eigenvalue weighted by molar-refractivity contribution is 7.80. The lowest BCUT2D eigenvalue weighted by molar-refractivity contribution is -0.121. The van der Waals surface area contributed by atoms with Crippen LogP contribution in [0.25, 0.3) is 0 Å². The third kappa shape index (κ3) is 3.61. The third-order valence-electron chi connectivity index (χ3n) is 2.76. The second kappa shape index (κ2) is 6.58. The van der Waals surface area contributed by atoms with Crippen LogP contribution in [0.15, 0.2) is 36.5 Å². The molecule has 0 radical (unpaired) electrons. The van der Waals surface area contributed by atoms with Gasteiger partial charge in [-0.2, -0.15) is 0 Å². The van der Waals surface area contributed by atoms with Gasteiger partial charge in [0.2, 0.25) is 5.91 Å².